The molecule has 1 saturated carbocycles. The van der Waals surface area contributed by atoms with Crippen LogP contribution in [-0.4, -0.2) is 39.4 Å². The summed E-state index contributed by atoms with van der Waals surface area (Å²) in [5.41, 5.74) is 2.34. The number of hydrogen-bond acceptors (Lipinski definition) is 3. The first kappa shape index (κ1) is 22.2. The number of aliphatic carboxylic acids is 1. The lowest BCUT2D eigenvalue weighted by Gasteiger charge is -2.24. The van der Waals surface area contributed by atoms with E-state index in [0.717, 1.165) is 44.1 Å². The molecule has 1 aromatic carbocycles. The Morgan fingerprint density at radius 3 is 2.48 bits per heavy atom. The zero-order valence-corrected chi connectivity index (χ0v) is 16.9. The van der Waals surface area contributed by atoms with Gasteiger partial charge in [0.05, 0.1) is 6.10 Å². The van der Waals surface area contributed by atoms with E-state index in [1.54, 1.807) is 0 Å². The van der Waals surface area contributed by atoms with E-state index >= 15 is 0 Å². The summed E-state index contributed by atoms with van der Waals surface area (Å²) in [5.74, 6) is -0.167. The fraction of sp³-hybridized carbons (Fsp3) is 0.682. The lowest BCUT2D eigenvalue weighted by Crippen LogP contribution is -2.19. The summed E-state index contributed by atoms with van der Waals surface area (Å²) in [5, 5.41) is 28.4. The van der Waals surface area contributed by atoms with Crippen molar-refractivity contribution in [3.8, 4) is 0 Å². The Morgan fingerprint density at radius 1 is 1.19 bits per heavy atom. The molecule has 1 fully saturated rings. The molecule has 5 heteroatoms. The van der Waals surface area contributed by atoms with E-state index in [2.05, 4.69) is 24.3 Å². The molecule has 0 bridgehead atoms. The van der Waals surface area contributed by atoms with E-state index in [1.165, 1.54) is 5.56 Å². The van der Waals surface area contributed by atoms with E-state index < -0.39 is 12.1 Å². The van der Waals surface area contributed by atoms with Gasteiger partial charge < -0.3 is 15.3 Å². The second-order valence-corrected chi connectivity index (χ2v) is 8.65. The number of aliphatic hydroxyl groups is 2. The molecule has 1 unspecified atom stereocenters. The number of benzene rings is 1. The molecule has 27 heavy (non-hydrogen) atoms. The summed E-state index contributed by atoms with van der Waals surface area (Å²) in [6.45, 7) is 2.21. The number of aliphatic hydroxyl groups excluding tert-OH is 2. The van der Waals surface area contributed by atoms with Crippen molar-refractivity contribution < 1.29 is 20.1 Å². The van der Waals surface area contributed by atoms with Crippen molar-refractivity contribution in [2.45, 2.75) is 75.7 Å². The third-order valence-electron chi connectivity index (χ3n) is 5.75. The van der Waals surface area contributed by atoms with Crippen molar-refractivity contribution in [1.82, 2.24) is 0 Å². The van der Waals surface area contributed by atoms with Crippen LogP contribution >= 0.6 is 11.6 Å². The zero-order valence-electron chi connectivity index (χ0n) is 16.2. The second-order valence-electron chi connectivity index (χ2n) is 8.09. The Bertz CT molecular complexity index is 574. The molecule has 4 nitrogen and oxygen atoms in total. The summed E-state index contributed by atoms with van der Waals surface area (Å²) in [7, 11) is 0. The van der Waals surface area contributed by atoms with Gasteiger partial charge in [0.2, 0.25) is 0 Å². The summed E-state index contributed by atoms with van der Waals surface area (Å²) >= 11 is 6.55. The first-order chi connectivity index (χ1) is 12.9. The lowest BCUT2D eigenvalue weighted by atomic mass is 9.83. The molecule has 0 saturated heterocycles. The van der Waals surface area contributed by atoms with Crippen LogP contribution in [0.4, 0.5) is 0 Å². The number of carboxylic acid groups (broad SMARTS) is 1. The summed E-state index contributed by atoms with van der Waals surface area (Å²) in [6.07, 6.45) is 5.95. The third kappa shape index (κ3) is 6.78. The normalized spacial score (nSPS) is 26.2. The zero-order chi connectivity index (χ0) is 19.8. The maximum absolute atomic E-state index is 10.6. The highest BCUT2D eigenvalue weighted by Crippen LogP contribution is 2.45. The molecule has 0 aromatic heterocycles. The molecule has 0 aliphatic heterocycles. The molecule has 0 spiro atoms. The largest absolute Gasteiger partial charge is 0.481 e. The fourth-order valence-corrected chi connectivity index (χ4v) is 4.71. The fourth-order valence-electron chi connectivity index (χ4n) is 4.24. The average Bonchev–Trinajstić information content (AvgIpc) is 2.91. The molecule has 5 atom stereocenters. The predicted octanol–water partition coefficient (Wildman–Crippen LogP) is 4.35. The third-order valence-corrected chi connectivity index (χ3v) is 6.25. The smallest absolute Gasteiger partial charge is 0.303 e. The number of carboxylic acids is 1. The molecular weight excluding hydrogens is 364 g/mol. The predicted molar refractivity (Wildman–Crippen MR) is 108 cm³/mol. The van der Waals surface area contributed by atoms with Crippen LogP contribution in [0.1, 0.15) is 68.9 Å². The maximum atomic E-state index is 10.6. The van der Waals surface area contributed by atoms with Gasteiger partial charge in [0.25, 0.3) is 0 Å². The number of unbranched alkanes of at least 4 members (excludes halogenated alkanes) is 3. The van der Waals surface area contributed by atoms with Crippen molar-refractivity contribution in [3.63, 3.8) is 0 Å². The van der Waals surface area contributed by atoms with E-state index in [0.29, 0.717) is 6.42 Å². The topological polar surface area (TPSA) is 77.8 Å². The van der Waals surface area contributed by atoms with Gasteiger partial charge >= 0.3 is 5.97 Å². The van der Waals surface area contributed by atoms with Crippen LogP contribution in [0.15, 0.2) is 24.3 Å². The van der Waals surface area contributed by atoms with Gasteiger partial charge in [-0.3, -0.25) is 4.79 Å². The first-order valence-corrected chi connectivity index (χ1v) is 10.6. The van der Waals surface area contributed by atoms with E-state index in [-0.39, 0.29) is 36.2 Å². The monoisotopic (exact) mass is 396 g/mol. The van der Waals surface area contributed by atoms with E-state index in [1.807, 2.05) is 6.92 Å². The Labute approximate surface area is 167 Å². The first-order valence-electron chi connectivity index (χ1n) is 10.2. The summed E-state index contributed by atoms with van der Waals surface area (Å²) < 4.78 is 0. The maximum Gasteiger partial charge on any atom is 0.303 e. The van der Waals surface area contributed by atoms with Gasteiger partial charge in [-0.25, -0.2) is 0 Å². The molecule has 0 heterocycles. The molecule has 1 aliphatic rings. The number of halogens is 1. The van der Waals surface area contributed by atoms with E-state index in [9.17, 15) is 15.0 Å². The molecule has 152 valence electrons. The second kappa shape index (κ2) is 11.0. The van der Waals surface area contributed by atoms with Crippen LogP contribution in [-0.2, 0) is 11.2 Å². The minimum atomic E-state index is -0.730. The Hall–Kier alpha value is -1.10. The number of rotatable bonds is 11. The van der Waals surface area contributed by atoms with Crippen LogP contribution in [0.25, 0.3) is 0 Å². The molecular formula is C22H33ClO4. The van der Waals surface area contributed by atoms with Crippen molar-refractivity contribution >= 4 is 17.6 Å². The molecule has 3 N–H and O–H groups in total. The van der Waals surface area contributed by atoms with Crippen molar-refractivity contribution in [1.29, 1.82) is 0 Å². The molecule has 2 rings (SSSR count). The van der Waals surface area contributed by atoms with Crippen LogP contribution in [0.5, 0.6) is 0 Å². The van der Waals surface area contributed by atoms with Gasteiger partial charge in [0.15, 0.2) is 0 Å². The Balaban J connectivity index is 1.91. The van der Waals surface area contributed by atoms with Crippen LogP contribution in [0.2, 0.25) is 0 Å². The molecule has 0 radical (unpaired) electrons. The Morgan fingerprint density at radius 2 is 1.85 bits per heavy atom. The highest BCUT2D eigenvalue weighted by atomic mass is 35.5. The Kier molecular flexibility index (Phi) is 9.07. The molecule has 0 amide bonds. The quantitative estimate of drug-likeness (QED) is 0.383. The number of carbonyl (C=O) groups is 1. The van der Waals surface area contributed by atoms with Gasteiger partial charge in [-0.2, -0.15) is 0 Å². The van der Waals surface area contributed by atoms with Gasteiger partial charge in [0.1, 0.15) is 0 Å². The highest BCUT2D eigenvalue weighted by Gasteiger charge is 2.41. The number of alkyl halides is 1. The summed E-state index contributed by atoms with van der Waals surface area (Å²) in [4.78, 5) is 10.6. The minimum Gasteiger partial charge on any atom is -0.481 e. The average molecular weight is 397 g/mol. The standard InChI is InChI=1S/C22H33ClO4/c1-15(14-24)12-16-8-10-17(11-9-16)22-18(19(23)13-20(22)25)6-4-2-3-5-7-21(26)27/h8-11,15,18-20,22,24-25H,2-7,12-14H2,1H3,(H,26,27)/t15?,18-,19-,20+,22+/m0/s1. The molecule has 1 aliphatic carbocycles. The number of hydrogen-bond donors (Lipinski definition) is 3. The van der Waals surface area contributed by atoms with Crippen LogP contribution in [0, 0.1) is 11.8 Å². The van der Waals surface area contributed by atoms with Gasteiger partial charge in [-0.15, -0.1) is 11.6 Å². The van der Waals surface area contributed by atoms with E-state index in [4.69, 9.17) is 16.7 Å². The van der Waals surface area contributed by atoms with Crippen LogP contribution < -0.4 is 0 Å². The van der Waals surface area contributed by atoms with Crippen molar-refractivity contribution in [2.24, 2.45) is 11.8 Å². The van der Waals surface area contributed by atoms with Crippen LogP contribution in [0.3, 0.4) is 0 Å². The van der Waals surface area contributed by atoms with Crippen molar-refractivity contribution in [3.05, 3.63) is 35.4 Å². The summed E-state index contributed by atoms with van der Waals surface area (Å²) in [6, 6.07) is 8.39. The van der Waals surface area contributed by atoms with Gasteiger partial charge in [-0.05, 0) is 48.6 Å². The van der Waals surface area contributed by atoms with Gasteiger partial charge in [0, 0.05) is 24.3 Å². The molecule has 1 aromatic rings. The van der Waals surface area contributed by atoms with Crippen molar-refractivity contribution in [2.75, 3.05) is 6.61 Å². The van der Waals surface area contributed by atoms with Gasteiger partial charge in [-0.1, -0.05) is 50.5 Å². The minimum absolute atomic E-state index is 0.0156. The lowest BCUT2D eigenvalue weighted by molar-refractivity contribution is -0.137. The highest BCUT2D eigenvalue weighted by molar-refractivity contribution is 6.21. The SMILES string of the molecule is CC(CO)Cc1ccc([C@@H]2[C@@H](CCCCCCC(=O)O)[C@@H](Cl)C[C@H]2O)cc1.